The number of halogens is 5. The SMILES string of the molecule is CN(C(=O)O)[C@@H]1CN(C(=O)C2CCN(c3ncc(C(F)(F)F)cc3Cl)CC2)C[C@H]1c1ccc(Cl)cc1. The molecule has 12 heteroatoms. The van der Waals surface area contributed by atoms with Gasteiger partial charge in [0.1, 0.15) is 5.82 Å². The van der Waals surface area contributed by atoms with Crippen LogP contribution in [0.2, 0.25) is 10.0 Å². The van der Waals surface area contributed by atoms with Gasteiger partial charge in [0, 0.05) is 56.3 Å². The van der Waals surface area contributed by atoms with Crippen molar-refractivity contribution in [1.82, 2.24) is 14.8 Å². The van der Waals surface area contributed by atoms with Crippen LogP contribution >= 0.6 is 23.2 Å². The minimum atomic E-state index is -4.53. The highest BCUT2D eigenvalue weighted by Gasteiger charge is 2.42. The molecule has 0 saturated carbocycles. The van der Waals surface area contributed by atoms with Gasteiger partial charge in [-0.05, 0) is 36.6 Å². The maximum atomic E-state index is 13.4. The van der Waals surface area contributed by atoms with Crippen molar-refractivity contribution in [3.05, 3.63) is 57.7 Å². The fourth-order valence-corrected chi connectivity index (χ4v) is 5.37. The summed E-state index contributed by atoms with van der Waals surface area (Å²) >= 11 is 12.1. The summed E-state index contributed by atoms with van der Waals surface area (Å²) in [5, 5.41) is 10.1. The highest BCUT2D eigenvalue weighted by Crippen LogP contribution is 2.36. The molecule has 7 nitrogen and oxygen atoms in total. The Morgan fingerprint density at radius 1 is 1.11 bits per heavy atom. The van der Waals surface area contributed by atoms with Crippen molar-refractivity contribution < 1.29 is 27.9 Å². The predicted molar refractivity (Wildman–Crippen MR) is 130 cm³/mol. The maximum Gasteiger partial charge on any atom is 0.417 e. The average molecular weight is 545 g/mol. The molecule has 36 heavy (non-hydrogen) atoms. The zero-order chi connectivity index (χ0) is 26.2. The number of likely N-dealkylation sites (N-methyl/N-ethyl adjacent to an activating group) is 1. The number of hydrogen-bond donors (Lipinski definition) is 1. The molecule has 1 aromatic heterocycles. The first kappa shape index (κ1) is 26.3. The molecule has 2 atom stereocenters. The number of hydrogen-bond acceptors (Lipinski definition) is 4. The van der Waals surface area contributed by atoms with E-state index in [0.717, 1.165) is 17.8 Å². The number of carbonyl (C=O) groups excluding carboxylic acids is 1. The van der Waals surface area contributed by atoms with Gasteiger partial charge in [-0.3, -0.25) is 4.79 Å². The summed E-state index contributed by atoms with van der Waals surface area (Å²) in [7, 11) is 1.50. The molecule has 2 aromatic rings. The highest BCUT2D eigenvalue weighted by atomic mass is 35.5. The molecule has 4 rings (SSSR count). The van der Waals surface area contributed by atoms with E-state index in [4.69, 9.17) is 23.2 Å². The van der Waals surface area contributed by atoms with Crippen LogP contribution < -0.4 is 4.90 Å². The third-order valence-corrected chi connectivity index (χ3v) is 7.52. The first-order valence-corrected chi connectivity index (χ1v) is 12.2. The van der Waals surface area contributed by atoms with Crippen molar-refractivity contribution in [3.63, 3.8) is 0 Å². The van der Waals surface area contributed by atoms with E-state index in [2.05, 4.69) is 4.98 Å². The second kappa shape index (κ2) is 10.3. The fraction of sp³-hybridized carbons (Fsp3) is 0.458. The Hall–Kier alpha value is -2.72. The zero-order valence-electron chi connectivity index (χ0n) is 19.4. The summed E-state index contributed by atoms with van der Waals surface area (Å²) in [6.45, 7) is 1.50. The molecule has 0 radical (unpaired) electrons. The Balaban J connectivity index is 1.43. The van der Waals surface area contributed by atoms with E-state index in [1.165, 1.54) is 11.9 Å². The standard InChI is InChI=1S/C24H25Cl2F3N4O3/c1-31(23(35)36)20-13-33(12-18(20)14-2-4-17(25)5-3-14)22(34)15-6-8-32(9-7-15)21-19(26)10-16(11-30-21)24(27,28)29/h2-5,10-11,15,18,20H,6-9,12-13H2,1H3,(H,35,36)/t18-,20+/m0/s1. The number of aromatic nitrogens is 1. The number of carboxylic acid groups (broad SMARTS) is 1. The Morgan fingerprint density at radius 2 is 1.75 bits per heavy atom. The number of alkyl halides is 3. The molecule has 194 valence electrons. The molecular weight excluding hydrogens is 520 g/mol. The first-order chi connectivity index (χ1) is 17.0. The molecule has 2 aliphatic rings. The lowest BCUT2D eigenvalue weighted by molar-refractivity contribution is -0.138. The van der Waals surface area contributed by atoms with Crippen molar-refractivity contribution in [3.8, 4) is 0 Å². The van der Waals surface area contributed by atoms with Crippen LogP contribution in [0.4, 0.5) is 23.8 Å². The van der Waals surface area contributed by atoms with E-state index in [1.807, 2.05) is 12.1 Å². The van der Waals surface area contributed by atoms with E-state index in [1.54, 1.807) is 21.9 Å². The lowest BCUT2D eigenvalue weighted by atomic mass is 9.93. The molecule has 2 amide bonds. The van der Waals surface area contributed by atoms with Gasteiger partial charge in [0.2, 0.25) is 5.91 Å². The molecule has 2 aliphatic heterocycles. The summed E-state index contributed by atoms with van der Waals surface area (Å²) in [4.78, 5) is 33.7. The van der Waals surface area contributed by atoms with E-state index in [9.17, 15) is 27.9 Å². The van der Waals surface area contributed by atoms with Gasteiger partial charge in [-0.25, -0.2) is 9.78 Å². The molecule has 0 bridgehead atoms. The van der Waals surface area contributed by atoms with Gasteiger partial charge < -0.3 is 19.8 Å². The number of anilines is 1. The summed E-state index contributed by atoms with van der Waals surface area (Å²) < 4.78 is 38.7. The minimum absolute atomic E-state index is 0.0543. The third-order valence-electron chi connectivity index (χ3n) is 6.99. The fourth-order valence-electron chi connectivity index (χ4n) is 4.95. The predicted octanol–water partition coefficient (Wildman–Crippen LogP) is 5.23. The average Bonchev–Trinajstić information content (AvgIpc) is 3.28. The maximum absolute atomic E-state index is 13.4. The van der Waals surface area contributed by atoms with Crippen LogP contribution in [-0.4, -0.2) is 71.2 Å². The van der Waals surface area contributed by atoms with E-state index in [-0.39, 0.29) is 35.1 Å². The van der Waals surface area contributed by atoms with Crippen LogP contribution in [0.15, 0.2) is 36.5 Å². The molecule has 2 fully saturated rings. The van der Waals surface area contributed by atoms with Crippen LogP contribution in [0, 0.1) is 5.92 Å². The summed E-state index contributed by atoms with van der Waals surface area (Å²) in [5.41, 5.74) is -0.00267. The van der Waals surface area contributed by atoms with Crippen molar-refractivity contribution in [2.24, 2.45) is 5.92 Å². The number of benzene rings is 1. The molecule has 0 aliphatic carbocycles. The summed E-state index contributed by atoms with van der Waals surface area (Å²) in [6, 6.07) is 7.65. The first-order valence-electron chi connectivity index (χ1n) is 11.4. The van der Waals surface area contributed by atoms with Gasteiger partial charge in [-0.2, -0.15) is 13.2 Å². The Morgan fingerprint density at radius 3 is 2.31 bits per heavy atom. The quantitative estimate of drug-likeness (QED) is 0.570. The number of pyridine rings is 1. The van der Waals surface area contributed by atoms with Crippen molar-refractivity contribution >= 4 is 41.0 Å². The van der Waals surface area contributed by atoms with Gasteiger partial charge in [-0.15, -0.1) is 0 Å². The zero-order valence-corrected chi connectivity index (χ0v) is 20.9. The normalized spacial score (nSPS) is 21.1. The number of piperidine rings is 1. The molecule has 1 N–H and O–H groups in total. The summed E-state index contributed by atoms with van der Waals surface area (Å²) in [6.07, 6.45) is -3.86. The Kier molecular flexibility index (Phi) is 7.56. The lowest BCUT2D eigenvalue weighted by Crippen LogP contribution is -2.44. The van der Waals surface area contributed by atoms with Gasteiger partial charge in [0.05, 0.1) is 16.6 Å². The van der Waals surface area contributed by atoms with E-state index >= 15 is 0 Å². The van der Waals surface area contributed by atoms with Gasteiger partial charge in [0.15, 0.2) is 0 Å². The van der Waals surface area contributed by atoms with Crippen LogP contribution in [0.5, 0.6) is 0 Å². The molecule has 1 aromatic carbocycles. The third kappa shape index (κ3) is 5.49. The smallest absolute Gasteiger partial charge is 0.417 e. The highest BCUT2D eigenvalue weighted by molar-refractivity contribution is 6.33. The molecule has 2 saturated heterocycles. The van der Waals surface area contributed by atoms with Crippen LogP contribution in [0.25, 0.3) is 0 Å². The molecule has 3 heterocycles. The van der Waals surface area contributed by atoms with Crippen LogP contribution in [0.3, 0.4) is 0 Å². The Labute approximate surface area is 216 Å². The largest absolute Gasteiger partial charge is 0.465 e. The lowest BCUT2D eigenvalue weighted by Gasteiger charge is -2.34. The van der Waals surface area contributed by atoms with Crippen molar-refractivity contribution in [2.45, 2.75) is 31.0 Å². The topological polar surface area (TPSA) is 77.0 Å². The van der Waals surface area contributed by atoms with Crippen LogP contribution in [-0.2, 0) is 11.0 Å². The number of nitrogens with zero attached hydrogens (tertiary/aromatic N) is 4. The van der Waals surface area contributed by atoms with Crippen molar-refractivity contribution in [2.75, 3.05) is 38.1 Å². The monoisotopic (exact) mass is 544 g/mol. The number of amides is 2. The van der Waals surface area contributed by atoms with E-state index in [0.29, 0.717) is 37.5 Å². The van der Waals surface area contributed by atoms with Gasteiger partial charge in [0.25, 0.3) is 0 Å². The number of carbonyl (C=O) groups is 2. The number of likely N-dealkylation sites (tertiary alicyclic amines) is 1. The van der Waals surface area contributed by atoms with Gasteiger partial charge in [-0.1, -0.05) is 35.3 Å². The minimum Gasteiger partial charge on any atom is -0.465 e. The molecule has 0 unspecified atom stereocenters. The van der Waals surface area contributed by atoms with Gasteiger partial charge >= 0.3 is 12.3 Å². The Bertz CT molecular complexity index is 1120. The van der Waals surface area contributed by atoms with E-state index < -0.39 is 23.9 Å². The summed E-state index contributed by atoms with van der Waals surface area (Å²) in [5.74, 6) is -0.263. The number of rotatable bonds is 4. The van der Waals surface area contributed by atoms with Crippen molar-refractivity contribution in [1.29, 1.82) is 0 Å². The second-order valence-electron chi connectivity index (χ2n) is 9.15. The molecular formula is C24H25Cl2F3N4O3. The molecule has 0 spiro atoms. The van der Waals surface area contributed by atoms with Crippen LogP contribution in [0.1, 0.15) is 29.9 Å². The second-order valence-corrected chi connectivity index (χ2v) is 9.99.